The van der Waals surface area contributed by atoms with E-state index in [1.54, 1.807) is 0 Å². The number of nitrogens with zero attached hydrogens (tertiary/aromatic N) is 2. The van der Waals surface area contributed by atoms with Crippen LogP contribution in [0.25, 0.3) is 11.0 Å². The fourth-order valence-electron chi connectivity index (χ4n) is 2.87. The van der Waals surface area contributed by atoms with Gasteiger partial charge < -0.3 is 4.57 Å². The lowest BCUT2D eigenvalue weighted by Crippen LogP contribution is -2.46. The highest BCUT2D eigenvalue weighted by molar-refractivity contribution is 8.06. The molecule has 0 amide bonds. The second kappa shape index (κ2) is 7.05. The number of hydrazine groups is 1. The Balaban J connectivity index is 1.85. The van der Waals surface area contributed by atoms with Crippen molar-refractivity contribution in [1.82, 2.24) is 15.0 Å². The molecule has 1 aliphatic rings. The Kier molecular flexibility index (Phi) is 5.11. The van der Waals surface area contributed by atoms with E-state index in [0.717, 1.165) is 24.3 Å². The Labute approximate surface area is 134 Å². The molecule has 0 bridgehead atoms. The molecule has 1 aromatic carbocycles. The van der Waals surface area contributed by atoms with Gasteiger partial charge in [0.25, 0.3) is 0 Å². The Hall–Kier alpha value is -0.690. The summed E-state index contributed by atoms with van der Waals surface area (Å²) in [6.45, 7) is 3.12. The average Bonchev–Trinajstić information content (AvgIpc) is 2.90. The van der Waals surface area contributed by atoms with Gasteiger partial charge in [0.15, 0.2) is 0 Å². The minimum Gasteiger partial charge on any atom is -0.328 e. The number of rotatable bonds is 5. The van der Waals surface area contributed by atoms with Crippen molar-refractivity contribution in [3.8, 4) is 0 Å². The number of nitrogens with one attached hydrogen (secondary N) is 1. The molecule has 21 heavy (non-hydrogen) atoms. The molecule has 114 valence electrons. The Morgan fingerprint density at radius 2 is 2.29 bits per heavy atom. The summed E-state index contributed by atoms with van der Waals surface area (Å²) in [5.41, 5.74) is 5.33. The fourth-order valence-corrected chi connectivity index (χ4v) is 5.74. The molecule has 1 fully saturated rings. The maximum absolute atomic E-state index is 5.83. The Morgan fingerprint density at radius 3 is 3.00 bits per heavy atom. The zero-order valence-electron chi connectivity index (χ0n) is 12.3. The first kappa shape index (κ1) is 15.2. The van der Waals surface area contributed by atoms with Gasteiger partial charge in [-0.15, -0.1) is 0 Å². The number of hydrogen-bond donors (Lipinski definition) is 2. The summed E-state index contributed by atoms with van der Waals surface area (Å²) in [5, 5.41) is 0.568. The highest BCUT2D eigenvalue weighted by Crippen LogP contribution is 2.28. The molecule has 1 aliphatic heterocycles. The van der Waals surface area contributed by atoms with Crippen molar-refractivity contribution in [3.63, 3.8) is 0 Å². The van der Waals surface area contributed by atoms with Crippen LogP contribution in [0.1, 0.15) is 12.7 Å². The third kappa shape index (κ3) is 3.23. The first-order chi connectivity index (χ1) is 10.3. The predicted molar refractivity (Wildman–Crippen MR) is 93.8 cm³/mol. The van der Waals surface area contributed by atoms with Gasteiger partial charge in [-0.2, -0.15) is 23.5 Å². The third-order valence-electron chi connectivity index (χ3n) is 3.96. The SMILES string of the molecule is CCn1c(CC(NN)C2CSCCS2)nc2ccccc21. The van der Waals surface area contributed by atoms with Gasteiger partial charge in [0.1, 0.15) is 5.82 Å². The van der Waals surface area contributed by atoms with E-state index in [9.17, 15) is 0 Å². The fraction of sp³-hybridized carbons (Fsp3) is 0.533. The first-order valence-electron chi connectivity index (χ1n) is 7.43. The minimum atomic E-state index is 0.282. The summed E-state index contributed by atoms with van der Waals surface area (Å²) in [5.74, 6) is 10.6. The van der Waals surface area contributed by atoms with Crippen molar-refractivity contribution in [1.29, 1.82) is 0 Å². The van der Waals surface area contributed by atoms with Crippen LogP contribution in [-0.4, -0.2) is 38.1 Å². The zero-order chi connectivity index (χ0) is 14.7. The molecule has 1 saturated heterocycles. The second-order valence-corrected chi connectivity index (χ2v) is 7.72. The monoisotopic (exact) mass is 322 g/mol. The average molecular weight is 323 g/mol. The number of hydrogen-bond acceptors (Lipinski definition) is 5. The van der Waals surface area contributed by atoms with Crippen molar-refractivity contribution in [2.24, 2.45) is 5.84 Å². The van der Waals surface area contributed by atoms with Crippen molar-refractivity contribution < 1.29 is 0 Å². The molecule has 2 aromatic rings. The number of thioether (sulfide) groups is 2. The van der Waals surface area contributed by atoms with E-state index in [4.69, 9.17) is 10.8 Å². The third-order valence-corrected chi connectivity index (χ3v) is 6.88. The van der Waals surface area contributed by atoms with Crippen LogP contribution in [0.3, 0.4) is 0 Å². The van der Waals surface area contributed by atoms with E-state index in [0.29, 0.717) is 5.25 Å². The van der Waals surface area contributed by atoms with Gasteiger partial charge in [-0.3, -0.25) is 11.3 Å². The number of aryl methyl sites for hydroxylation is 1. The molecule has 2 heterocycles. The van der Waals surface area contributed by atoms with Crippen LogP contribution in [0.2, 0.25) is 0 Å². The van der Waals surface area contributed by atoms with E-state index < -0.39 is 0 Å². The number of benzene rings is 1. The lowest BCUT2D eigenvalue weighted by molar-refractivity contribution is 0.502. The van der Waals surface area contributed by atoms with E-state index in [1.807, 2.05) is 29.6 Å². The number of fused-ring (bicyclic) bond motifs is 1. The topological polar surface area (TPSA) is 55.9 Å². The van der Waals surface area contributed by atoms with Gasteiger partial charge in [0.05, 0.1) is 11.0 Å². The van der Waals surface area contributed by atoms with Crippen LogP contribution in [0.5, 0.6) is 0 Å². The van der Waals surface area contributed by atoms with E-state index in [-0.39, 0.29) is 6.04 Å². The van der Waals surface area contributed by atoms with Crippen LogP contribution < -0.4 is 11.3 Å². The van der Waals surface area contributed by atoms with Crippen LogP contribution in [0.15, 0.2) is 24.3 Å². The van der Waals surface area contributed by atoms with Crippen LogP contribution in [0, 0.1) is 0 Å². The van der Waals surface area contributed by atoms with Crippen LogP contribution in [0.4, 0.5) is 0 Å². The van der Waals surface area contributed by atoms with Gasteiger partial charge in [0.2, 0.25) is 0 Å². The maximum atomic E-state index is 5.83. The Morgan fingerprint density at radius 1 is 1.43 bits per heavy atom. The maximum Gasteiger partial charge on any atom is 0.111 e. The smallest absolute Gasteiger partial charge is 0.111 e. The molecular weight excluding hydrogens is 300 g/mol. The largest absolute Gasteiger partial charge is 0.328 e. The number of imidazole rings is 1. The Bertz CT molecular complexity index is 592. The molecular formula is C15H22N4S2. The van der Waals surface area contributed by atoms with Crippen molar-refractivity contribution in [2.45, 2.75) is 31.2 Å². The van der Waals surface area contributed by atoms with Crippen LogP contribution >= 0.6 is 23.5 Å². The van der Waals surface area contributed by atoms with Gasteiger partial charge in [-0.05, 0) is 19.1 Å². The minimum absolute atomic E-state index is 0.282. The number of para-hydroxylation sites is 2. The van der Waals surface area contributed by atoms with Crippen molar-refractivity contribution >= 4 is 34.6 Å². The zero-order valence-corrected chi connectivity index (χ0v) is 13.9. The summed E-state index contributed by atoms with van der Waals surface area (Å²) in [4.78, 5) is 4.82. The second-order valence-electron chi connectivity index (χ2n) is 5.22. The van der Waals surface area contributed by atoms with Gasteiger partial charge in [0, 0.05) is 41.5 Å². The highest BCUT2D eigenvalue weighted by Gasteiger charge is 2.25. The lowest BCUT2D eigenvalue weighted by Gasteiger charge is -2.28. The number of aromatic nitrogens is 2. The van der Waals surface area contributed by atoms with E-state index in [2.05, 4.69) is 35.1 Å². The number of nitrogens with two attached hydrogens (primary N) is 1. The molecule has 4 nitrogen and oxygen atoms in total. The molecule has 2 unspecified atom stereocenters. The quantitative estimate of drug-likeness (QED) is 0.653. The lowest BCUT2D eigenvalue weighted by atomic mass is 10.1. The van der Waals surface area contributed by atoms with Gasteiger partial charge in [-0.25, -0.2) is 4.98 Å². The summed E-state index contributed by atoms with van der Waals surface area (Å²) in [6, 6.07) is 8.63. The summed E-state index contributed by atoms with van der Waals surface area (Å²) < 4.78 is 2.31. The first-order valence-corrected chi connectivity index (χ1v) is 9.63. The molecule has 0 radical (unpaired) electrons. The molecule has 3 N–H and O–H groups in total. The summed E-state index contributed by atoms with van der Waals surface area (Å²) >= 11 is 4.06. The molecule has 3 rings (SSSR count). The molecule has 0 spiro atoms. The molecule has 2 atom stereocenters. The summed E-state index contributed by atoms with van der Waals surface area (Å²) in [7, 11) is 0. The van der Waals surface area contributed by atoms with Crippen molar-refractivity contribution in [3.05, 3.63) is 30.1 Å². The normalized spacial score (nSPS) is 20.8. The van der Waals surface area contributed by atoms with E-state index in [1.165, 1.54) is 22.8 Å². The summed E-state index contributed by atoms with van der Waals surface area (Å²) in [6.07, 6.45) is 0.886. The van der Waals surface area contributed by atoms with Crippen LogP contribution in [-0.2, 0) is 13.0 Å². The van der Waals surface area contributed by atoms with Crippen molar-refractivity contribution in [2.75, 3.05) is 17.3 Å². The van der Waals surface area contributed by atoms with Gasteiger partial charge >= 0.3 is 0 Å². The predicted octanol–water partition coefficient (Wildman–Crippen LogP) is 2.28. The molecule has 0 saturated carbocycles. The van der Waals surface area contributed by atoms with E-state index >= 15 is 0 Å². The van der Waals surface area contributed by atoms with Gasteiger partial charge in [-0.1, -0.05) is 12.1 Å². The molecule has 1 aromatic heterocycles. The standard InChI is InChI=1S/C15H22N4S2/c1-2-19-13-6-4-3-5-11(13)17-15(19)9-12(18-16)14-10-20-7-8-21-14/h3-6,12,14,18H,2,7-10,16H2,1H3. The molecule has 0 aliphatic carbocycles. The highest BCUT2D eigenvalue weighted by atomic mass is 32.2. The molecule has 6 heteroatoms.